The second-order valence-electron chi connectivity index (χ2n) is 10.1. The lowest BCUT2D eigenvalue weighted by Crippen LogP contribution is -2.54. The number of hydrogen-bond donors (Lipinski definition) is 5. The molecule has 204 valence electrons. The van der Waals surface area contributed by atoms with Crippen LogP contribution in [-0.2, 0) is 4.74 Å². The molecule has 13 heteroatoms. The molecule has 0 unspecified atom stereocenters. The highest BCUT2D eigenvalue weighted by Crippen LogP contribution is 2.32. The number of carbonyl (C=O) groups excluding carboxylic acids is 2. The molecule has 1 aliphatic rings. The minimum Gasteiger partial charge on any atom is -0.492 e. The molecule has 0 bridgehead atoms. The van der Waals surface area contributed by atoms with Gasteiger partial charge >= 0.3 is 6.09 Å². The van der Waals surface area contributed by atoms with Crippen LogP contribution in [0.25, 0.3) is 11.2 Å². The summed E-state index contributed by atoms with van der Waals surface area (Å²) in [5.74, 6) is 0.380. The minimum atomic E-state index is -1.20. The summed E-state index contributed by atoms with van der Waals surface area (Å²) in [7, 11) is 0. The van der Waals surface area contributed by atoms with Gasteiger partial charge in [-0.2, -0.15) is 0 Å². The lowest BCUT2D eigenvalue weighted by Gasteiger charge is -2.38. The van der Waals surface area contributed by atoms with Gasteiger partial charge in [0.15, 0.2) is 11.5 Å². The highest BCUT2D eigenvalue weighted by molar-refractivity contribution is 5.94. The number of alkyl carbamates (subject to hydrolysis) is 1. The zero-order valence-electron chi connectivity index (χ0n) is 21.5. The molecular formula is C25H33N7O6. The molecule has 38 heavy (non-hydrogen) atoms. The van der Waals surface area contributed by atoms with E-state index >= 15 is 0 Å². The van der Waals surface area contributed by atoms with Gasteiger partial charge in [0.1, 0.15) is 42.0 Å². The zero-order valence-corrected chi connectivity index (χ0v) is 21.5. The smallest absolute Gasteiger partial charge is 0.407 e. The molecule has 0 spiro atoms. The van der Waals surface area contributed by atoms with Crippen molar-refractivity contribution in [1.82, 2.24) is 30.2 Å². The number of aliphatic hydroxyl groups is 2. The molecule has 3 aromatic rings. The van der Waals surface area contributed by atoms with E-state index in [1.807, 2.05) is 0 Å². The van der Waals surface area contributed by atoms with E-state index in [1.165, 1.54) is 12.7 Å². The van der Waals surface area contributed by atoms with Crippen LogP contribution >= 0.6 is 0 Å². The van der Waals surface area contributed by atoms with E-state index in [4.69, 9.17) is 15.2 Å². The van der Waals surface area contributed by atoms with Gasteiger partial charge in [-0.3, -0.25) is 4.79 Å². The normalized spacial score (nSPS) is 21.6. The first-order chi connectivity index (χ1) is 18.0. The summed E-state index contributed by atoms with van der Waals surface area (Å²) >= 11 is 0. The number of nitrogens with one attached hydrogen (secondary N) is 2. The Kier molecular flexibility index (Phi) is 7.97. The summed E-state index contributed by atoms with van der Waals surface area (Å²) in [4.78, 5) is 36.8. The third kappa shape index (κ3) is 6.29. The maximum absolute atomic E-state index is 12.8. The lowest BCUT2D eigenvalue weighted by molar-refractivity contribution is -0.0552. The molecule has 1 fully saturated rings. The van der Waals surface area contributed by atoms with E-state index < -0.39 is 36.0 Å². The summed E-state index contributed by atoms with van der Waals surface area (Å²) in [5, 5.41) is 27.0. The van der Waals surface area contributed by atoms with Crippen LogP contribution in [0.4, 0.5) is 10.6 Å². The van der Waals surface area contributed by atoms with Crippen LogP contribution in [0.5, 0.6) is 5.75 Å². The predicted octanol–water partition coefficient (Wildman–Crippen LogP) is 1.17. The van der Waals surface area contributed by atoms with Crippen molar-refractivity contribution < 1.29 is 29.3 Å². The summed E-state index contributed by atoms with van der Waals surface area (Å²) in [6, 6.07) is 5.35. The summed E-state index contributed by atoms with van der Waals surface area (Å²) in [5.41, 5.74) is 6.55. The van der Waals surface area contributed by atoms with Crippen molar-refractivity contribution in [2.75, 3.05) is 18.9 Å². The van der Waals surface area contributed by atoms with E-state index in [-0.39, 0.29) is 24.9 Å². The van der Waals surface area contributed by atoms with E-state index in [9.17, 15) is 19.8 Å². The number of benzene rings is 1. The minimum absolute atomic E-state index is 0.225. The van der Waals surface area contributed by atoms with Gasteiger partial charge in [0, 0.05) is 5.56 Å². The fourth-order valence-corrected chi connectivity index (χ4v) is 4.32. The Morgan fingerprint density at radius 3 is 2.55 bits per heavy atom. The van der Waals surface area contributed by atoms with Crippen molar-refractivity contribution in [2.24, 2.45) is 0 Å². The van der Waals surface area contributed by atoms with Gasteiger partial charge in [-0.25, -0.2) is 19.7 Å². The number of nitrogen functional groups attached to an aromatic ring is 1. The number of rotatable bonds is 7. The third-order valence-electron chi connectivity index (χ3n) is 6.15. The Hall–Kier alpha value is -3.97. The number of imidazole rings is 1. The van der Waals surface area contributed by atoms with Crippen molar-refractivity contribution in [2.45, 2.75) is 63.5 Å². The maximum Gasteiger partial charge on any atom is 0.407 e. The fraction of sp³-hybridized carbons (Fsp3) is 0.480. The third-order valence-corrected chi connectivity index (χ3v) is 6.15. The number of aliphatic hydroxyl groups excluding tert-OH is 2. The van der Waals surface area contributed by atoms with Crippen LogP contribution in [0.15, 0.2) is 36.9 Å². The van der Waals surface area contributed by atoms with Gasteiger partial charge in [0.25, 0.3) is 5.91 Å². The Bertz CT molecular complexity index is 1270. The molecule has 1 aliphatic carbocycles. The van der Waals surface area contributed by atoms with Gasteiger partial charge < -0.3 is 40.6 Å². The molecule has 0 saturated heterocycles. The number of anilines is 1. The van der Waals surface area contributed by atoms with Crippen LogP contribution in [0.3, 0.4) is 0 Å². The number of ether oxygens (including phenoxy) is 2. The summed E-state index contributed by atoms with van der Waals surface area (Å²) in [6.07, 6.45) is 0.867. The first-order valence-electron chi connectivity index (χ1n) is 12.3. The average Bonchev–Trinajstić information content (AvgIpc) is 3.29. The topological polar surface area (TPSA) is 187 Å². The van der Waals surface area contributed by atoms with Gasteiger partial charge in [-0.1, -0.05) is 0 Å². The van der Waals surface area contributed by atoms with Crippen molar-refractivity contribution in [3.8, 4) is 5.75 Å². The number of nitrogens with zero attached hydrogens (tertiary/aromatic N) is 4. The Labute approximate surface area is 219 Å². The zero-order chi connectivity index (χ0) is 27.4. The number of carbonyl (C=O) groups is 2. The molecule has 1 aromatic carbocycles. The summed E-state index contributed by atoms with van der Waals surface area (Å²) in [6.45, 7) is 5.83. The molecule has 2 amide bonds. The molecular weight excluding hydrogens is 494 g/mol. The van der Waals surface area contributed by atoms with Gasteiger partial charge in [-0.05, 0) is 57.9 Å². The second kappa shape index (κ2) is 11.2. The quantitative estimate of drug-likeness (QED) is 0.279. The molecule has 6 N–H and O–H groups in total. The first kappa shape index (κ1) is 27.1. The number of nitrogens with two attached hydrogens (primary N) is 1. The SMILES string of the molecule is CC(C)(C)OC(=O)NCCOc1ccc(C(=O)N[C@@H]2CC[C@@H](n3cnc4c(N)ncnc43)[C@@H](O)[C@@H]2O)cc1. The molecule has 0 radical (unpaired) electrons. The van der Waals surface area contributed by atoms with Gasteiger partial charge in [0.05, 0.1) is 25.0 Å². The molecule has 4 atom stereocenters. The van der Waals surface area contributed by atoms with E-state index in [0.717, 1.165) is 0 Å². The highest BCUT2D eigenvalue weighted by atomic mass is 16.6. The van der Waals surface area contributed by atoms with Crippen LogP contribution in [0, 0.1) is 0 Å². The molecule has 0 aliphatic heterocycles. The van der Waals surface area contributed by atoms with Gasteiger partial charge in [0.2, 0.25) is 0 Å². The van der Waals surface area contributed by atoms with Crippen molar-refractivity contribution in [3.63, 3.8) is 0 Å². The lowest BCUT2D eigenvalue weighted by atomic mass is 9.85. The predicted molar refractivity (Wildman–Crippen MR) is 137 cm³/mol. The number of aromatic nitrogens is 4. The maximum atomic E-state index is 12.8. The molecule has 4 rings (SSSR count). The van der Waals surface area contributed by atoms with Crippen molar-refractivity contribution >= 4 is 29.0 Å². The largest absolute Gasteiger partial charge is 0.492 e. The van der Waals surface area contributed by atoms with E-state index in [1.54, 1.807) is 49.6 Å². The number of amides is 2. The standard InChI is InChI=1S/C25H33N7O6/c1-25(2,3)38-24(36)27-10-11-37-15-6-4-14(5-7-15)23(35)31-16-8-9-17(20(34)19(16)33)32-13-30-18-21(26)28-12-29-22(18)32/h4-7,12-13,16-17,19-20,33-34H,8-11H2,1-3H3,(H,27,36)(H,31,35)(H2,26,28,29)/t16-,17-,19-,20-/m1/s1. The van der Waals surface area contributed by atoms with Crippen LogP contribution in [0.2, 0.25) is 0 Å². The second-order valence-corrected chi connectivity index (χ2v) is 10.1. The Morgan fingerprint density at radius 2 is 1.84 bits per heavy atom. The molecule has 2 heterocycles. The fourth-order valence-electron chi connectivity index (χ4n) is 4.32. The summed E-state index contributed by atoms with van der Waals surface area (Å²) < 4.78 is 12.4. The Morgan fingerprint density at radius 1 is 1.11 bits per heavy atom. The highest BCUT2D eigenvalue weighted by Gasteiger charge is 2.39. The number of fused-ring (bicyclic) bond motifs is 1. The average molecular weight is 528 g/mol. The van der Waals surface area contributed by atoms with Crippen molar-refractivity contribution in [1.29, 1.82) is 0 Å². The Balaban J connectivity index is 1.28. The molecule has 13 nitrogen and oxygen atoms in total. The van der Waals surface area contributed by atoms with E-state index in [2.05, 4.69) is 25.6 Å². The van der Waals surface area contributed by atoms with Crippen molar-refractivity contribution in [3.05, 3.63) is 42.5 Å². The monoisotopic (exact) mass is 527 g/mol. The van der Waals surface area contributed by atoms with E-state index in [0.29, 0.717) is 35.3 Å². The van der Waals surface area contributed by atoms with Gasteiger partial charge in [-0.15, -0.1) is 0 Å². The first-order valence-corrected chi connectivity index (χ1v) is 12.3. The van der Waals surface area contributed by atoms with Crippen LogP contribution < -0.4 is 21.1 Å². The molecule has 2 aromatic heterocycles. The van der Waals surface area contributed by atoms with Crippen LogP contribution in [-0.4, -0.2) is 78.7 Å². The molecule has 1 saturated carbocycles. The van der Waals surface area contributed by atoms with Crippen LogP contribution in [0.1, 0.15) is 50.0 Å². The number of hydrogen-bond acceptors (Lipinski definition) is 10.